The van der Waals surface area contributed by atoms with Crippen molar-refractivity contribution in [3.05, 3.63) is 24.3 Å². The topological polar surface area (TPSA) is 75.6 Å². The predicted octanol–water partition coefficient (Wildman–Crippen LogP) is 0.582. The van der Waals surface area contributed by atoms with Crippen LogP contribution in [0.3, 0.4) is 0 Å². The van der Waals surface area contributed by atoms with Crippen LogP contribution in [0.1, 0.15) is 12.8 Å². The highest BCUT2D eigenvalue weighted by atomic mass is 32.2. The minimum atomic E-state index is -3.22. The summed E-state index contributed by atoms with van der Waals surface area (Å²) in [5.41, 5.74) is 0. The van der Waals surface area contributed by atoms with Crippen molar-refractivity contribution < 1.29 is 18.3 Å². The summed E-state index contributed by atoms with van der Waals surface area (Å²) in [5, 5.41) is 12.5. The molecule has 1 aliphatic carbocycles. The lowest BCUT2D eigenvalue weighted by molar-refractivity contribution is 0.182. The van der Waals surface area contributed by atoms with Gasteiger partial charge in [-0.25, -0.2) is 8.42 Å². The van der Waals surface area contributed by atoms with Crippen molar-refractivity contribution in [3.8, 4) is 5.75 Å². The molecule has 0 spiro atoms. The third kappa shape index (κ3) is 4.49. The van der Waals surface area contributed by atoms with Gasteiger partial charge in [-0.15, -0.1) is 0 Å². The Hall–Kier alpha value is -1.11. The van der Waals surface area contributed by atoms with Gasteiger partial charge in [0, 0.05) is 12.3 Å². The lowest BCUT2D eigenvalue weighted by atomic mass is 10.3. The van der Waals surface area contributed by atoms with Crippen LogP contribution in [-0.4, -0.2) is 45.1 Å². The molecule has 0 amide bonds. The monoisotopic (exact) mass is 285 g/mol. The molecular formula is C13H19NO4S. The van der Waals surface area contributed by atoms with E-state index in [4.69, 9.17) is 4.74 Å². The Morgan fingerprint density at radius 2 is 2.21 bits per heavy atom. The highest BCUT2D eigenvalue weighted by molar-refractivity contribution is 7.90. The molecule has 2 N–H and O–H groups in total. The van der Waals surface area contributed by atoms with Gasteiger partial charge in [0.15, 0.2) is 9.84 Å². The molecule has 0 bridgehead atoms. The normalized spacial score (nSPS) is 17.2. The van der Waals surface area contributed by atoms with Crippen LogP contribution in [0.2, 0.25) is 0 Å². The van der Waals surface area contributed by atoms with E-state index in [0.717, 1.165) is 19.1 Å². The molecule has 1 aromatic carbocycles. The molecule has 106 valence electrons. The molecule has 19 heavy (non-hydrogen) atoms. The van der Waals surface area contributed by atoms with E-state index in [-0.39, 0.29) is 17.5 Å². The van der Waals surface area contributed by atoms with Crippen molar-refractivity contribution in [1.82, 2.24) is 5.32 Å². The van der Waals surface area contributed by atoms with Gasteiger partial charge in [-0.05, 0) is 31.0 Å². The molecule has 1 aliphatic rings. The molecule has 0 radical (unpaired) electrons. The van der Waals surface area contributed by atoms with Gasteiger partial charge in [0.2, 0.25) is 0 Å². The van der Waals surface area contributed by atoms with Crippen molar-refractivity contribution in [1.29, 1.82) is 0 Å². The molecule has 0 aliphatic heterocycles. The van der Waals surface area contributed by atoms with E-state index in [1.165, 1.54) is 12.1 Å². The number of ether oxygens (including phenoxy) is 1. The molecule has 1 fully saturated rings. The lowest BCUT2D eigenvalue weighted by Gasteiger charge is -2.16. The van der Waals surface area contributed by atoms with Crippen LogP contribution >= 0.6 is 0 Å². The zero-order chi connectivity index (χ0) is 13.9. The molecule has 5 nitrogen and oxygen atoms in total. The van der Waals surface area contributed by atoms with Gasteiger partial charge >= 0.3 is 0 Å². The maximum atomic E-state index is 11.4. The number of aliphatic hydroxyl groups excluding tert-OH is 1. The number of benzene rings is 1. The number of hydrogen-bond acceptors (Lipinski definition) is 5. The van der Waals surface area contributed by atoms with E-state index < -0.39 is 9.84 Å². The Morgan fingerprint density at radius 1 is 1.47 bits per heavy atom. The van der Waals surface area contributed by atoms with Crippen LogP contribution in [0.15, 0.2) is 29.2 Å². The third-order valence-electron chi connectivity index (χ3n) is 2.95. The number of sulfone groups is 1. The molecule has 6 heteroatoms. The fourth-order valence-electron chi connectivity index (χ4n) is 1.73. The number of hydrogen-bond donors (Lipinski definition) is 2. The molecule has 0 heterocycles. The number of aliphatic hydroxyl groups is 1. The minimum Gasteiger partial charge on any atom is -0.492 e. The first kappa shape index (κ1) is 14.3. The van der Waals surface area contributed by atoms with Gasteiger partial charge in [0.25, 0.3) is 0 Å². The van der Waals surface area contributed by atoms with Gasteiger partial charge in [-0.1, -0.05) is 6.07 Å². The van der Waals surface area contributed by atoms with E-state index >= 15 is 0 Å². The number of rotatable bonds is 7. The summed E-state index contributed by atoms with van der Waals surface area (Å²) >= 11 is 0. The SMILES string of the molecule is CS(=O)(=O)c1cccc(OCC(CO)NC2CC2)c1. The fraction of sp³-hybridized carbons (Fsp3) is 0.538. The van der Waals surface area contributed by atoms with E-state index in [9.17, 15) is 13.5 Å². The maximum Gasteiger partial charge on any atom is 0.175 e. The van der Waals surface area contributed by atoms with Crippen molar-refractivity contribution in [2.75, 3.05) is 19.5 Å². The fourth-order valence-corrected chi connectivity index (χ4v) is 2.38. The van der Waals surface area contributed by atoms with E-state index in [0.29, 0.717) is 18.4 Å². The Morgan fingerprint density at radius 3 is 2.79 bits per heavy atom. The molecule has 0 aromatic heterocycles. The zero-order valence-electron chi connectivity index (χ0n) is 10.9. The first-order valence-corrected chi connectivity index (χ1v) is 8.18. The predicted molar refractivity (Wildman–Crippen MR) is 72.1 cm³/mol. The molecule has 2 rings (SSSR count). The molecular weight excluding hydrogens is 266 g/mol. The summed E-state index contributed by atoms with van der Waals surface area (Å²) in [7, 11) is -3.22. The van der Waals surface area contributed by atoms with Gasteiger partial charge in [0.05, 0.1) is 17.5 Å². The first-order chi connectivity index (χ1) is 8.99. The van der Waals surface area contributed by atoms with Gasteiger partial charge in [-0.3, -0.25) is 0 Å². The minimum absolute atomic E-state index is 0.00225. The highest BCUT2D eigenvalue weighted by Crippen LogP contribution is 2.20. The van der Waals surface area contributed by atoms with Gasteiger partial charge in [-0.2, -0.15) is 0 Å². The van der Waals surface area contributed by atoms with Crippen LogP contribution in [0.5, 0.6) is 5.75 Å². The van der Waals surface area contributed by atoms with Crippen LogP contribution < -0.4 is 10.1 Å². The van der Waals surface area contributed by atoms with Gasteiger partial charge in [0.1, 0.15) is 12.4 Å². The maximum absolute atomic E-state index is 11.4. The lowest BCUT2D eigenvalue weighted by Crippen LogP contribution is -2.39. The number of nitrogens with one attached hydrogen (secondary N) is 1. The van der Waals surface area contributed by atoms with Crippen LogP contribution in [0.4, 0.5) is 0 Å². The third-order valence-corrected chi connectivity index (χ3v) is 4.06. The molecule has 0 saturated heterocycles. The second kappa shape index (κ2) is 5.90. The Bertz CT molecular complexity index is 525. The Kier molecular flexibility index (Phi) is 4.44. The summed E-state index contributed by atoms with van der Waals surface area (Å²) in [4.78, 5) is 0.237. The molecule has 1 aromatic rings. The summed E-state index contributed by atoms with van der Waals surface area (Å²) in [6.07, 6.45) is 3.44. The Balaban J connectivity index is 1.94. The smallest absolute Gasteiger partial charge is 0.175 e. The summed E-state index contributed by atoms with van der Waals surface area (Å²) < 4.78 is 28.4. The molecule has 1 saturated carbocycles. The highest BCUT2D eigenvalue weighted by Gasteiger charge is 2.24. The molecule has 1 atom stereocenters. The second-order valence-corrected chi connectivity index (χ2v) is 6.89. The van der Waals surface area contributed by atoms with Crippen LogP contribution in [0.25, 0.3) is 0 Å². The van der Waals surface area contributed by atoms with Crippen molar-refractivity contribution in [2.45, 2.75) is 29.8 Å². The van der Waals surface area contributed by atoms with Crippen molar-refractivity contribution >= 4 is 9.84 Å². The standard InChI is InChI=1S/C13H19NO4S/c1-19(16,17)13-4-2-3-12(7-13)18-9-11(8-15)14-10-5-6-10/h2-4,7,10-11,14-15H,5-6,8-9H2,1H3. The van der Waals surface area contributed by atoms with Crippen LogP contribution in [0, 0.1) is 0 Å². The van der Waals surface area contributed by atoms with Crippen molar-refractivity contribution in [2.24, 2.45) is 0 Å². The largest absolute Gasteiger partial charge is 0.492 e. The zero-order valence-corrected chi connectivity index (χ0v) is 11.7. The summed E-state index contributed by atoms with van der Waals surface area (Å²) in [6.45, 7) is 0.322. The van der Waals surface area contributed by atoms with E-state index in [1.807, 2.05) is 0 Å². The second-order valence-electron chi connectivity index (χ2n) is 4.88. The van der Waals surface area contributed by atoms with E-state index in [2.05, 4.69) is 5.32 Å². The van der Waals surface area contributed by atoms with Crippen LogP contribution in [-0.2, 0) is 9.84 Å². The average Bonchev–Trinajstić information content (AvgIpc) is 3.17. The summed E-state index contributed by atoms with van der Waals surface area (Å²) in [5.74, 6) is 0.499. The van der Waals surface area contributed by atoms with Gasteiger partial charge < -0.3 is 15.2 Å². The van der Waals surface area contributed by atoms with E-state index in [1.54, 1.807) is 12.1 Å². The summed E-state index contributed by atoms with van der Waals surface area (Å²) in [6, 6.07) is 6.76. The first-order valence-electron chi connectivity index (χ1n) is 6.29. The Labute approximate surface area is 113 Å². The molecule has 1 unspecified atom stereocenters. The quantitative estimate of drug-likeness (QED) is 0.766. The average molecular weight is 285 g/mol. The van der Waals surface area contributed by atoms with Crippen molar-refractivity contribution in [3.63, 3.8) is 0 Å².